The molecule has 1 aromatic rings. The number of primary amides is 1. The molecular formula is C16H20N2O7. The van der Waals surface area contributed by atoms with E-state index in [1.54, 1.807) is 13.8 Å². The quantitative estimate of drug-likeness (QED) is 0.752. The van der Waals surface area contributed by atoms with Gasteiger partial charge in [-0.05, 0) is 18.1 Å². The van der Waals surface area contributed by atoms with Crippen molar-refractivity contribution in [3.8, 4) is 17.2 Å². The Bertz CT molecular complexity index is 670. The molecule has 0 bridgehead atoms. The van der Waals surface area contributed by atoms with Crippen LogP contribution >= 0.6 is 0 Å². The van der Waals surface area contributed by atoms with Gasteiger partial charge in [0.25, 0.3) is 5.91 Å². The summed E-state index contributed by atoms with van der Waals surface area (Å²) in [4.78, 5) is 35.2. The van der Waals surface area contributed by atoms with Crippen molar-refractivity contribution in [2.45, 2.75) is 20.0 Å². The van der Waals surface area contributed by atoms with Crippen LogP contribution in [0.25, 0.3) is 0 Å². The van der Waals surface area contributed by atoms with Gasteiger partial charge in [-0.1, -0.05) is 13.8 Å². The smallest absolute Gasteiger partial charge is 0.339 e. The molecule has 0 aromatic heterocycles. The van der Waals surface area contributed by atoms with E-state index in [4.69, 9.17) is 24.7 Å². The topological polar surface area (TPSA) is 126 Å². The van der Waals surface area contributed by atoms with Crippen molar-refractivity contribution in [1.82, 2.24) is 5.32 Å². The van der Waals surface area contributed by atoms with E-state index in [2.05, 4.69) is 0 Å². The van der Waals surface area contributed by atoms with Crippen LogP contribution < -0.4 is 25.3 Å². The summed E-state index contributed by atoms with van der Waals surface area (Å²) in [7, 11) is 1.43. The highest BCUT2D eigenvalue weighted by Crippen LogP contribution is 2.40. The van der Waals surface area contributed by atoms with Gasteiger partial charge in [0.1, 0.15) is 13.2 Å². The number of nitrogens with one attached hydrogen (secondary N) is 1. The van der Waals surface area contributed by atoms with Crippen LogP contribution in [0.4, 0.5) is 4.79 Å². The van der Waals surface area contributed by atoms with E-state index < -0.39 is 24.0 Å². The summed E-state index contributed by atoms with van der Waals surface area (Å²) in [6.07, 6.45) is -1.18. The molecule has 0 radical (unpaired) electrons. The minimum atomic E-state index is -1.18. The Hall–Kier alpha value is -2.97. The van der Waals surface area contributed by atoms with Crippen LogP contribution in [-0.2, 0) is 9.53 Å². The van der Waals surface area contributed by atoms with E-state index in [0.29, 0.717) is 30.5 Å². The minimum Gasteiger partial charge on any atom is -0.493 e. The normalized spacial score (nSPS) is 13.8. The van der Waals surface area contributed by atoms with E-state index in [0.717, 1.165) is 0 Å². The number of imide groups is 1. The number of hydrogen-bond acceptors (Lipinski definition) is 7. The number of esters is 1. The van der Waals surface area contributed by atoms with Crippen molar-refractivity contribution in [3.05, 3.63) is 17.7 Å². The fourth-order valence-electron chi connectivity index (χ4n) is 2.26. The fraction of sp³-hybridized carbons (Fsp3) is 0.438. The second-order valence-electron chi connectivity index (χ2n) is 5.63. The zero-order chi connectivity index (χ0) is 18.6. The minimum absolute atomic E-state index is 0.124. The monoisotopic (exact) mass is 352 g/mol. The molecule has 2 rings (SSSR count). The Balaban J connectivity index is 2.24. The summed E-state index contributed by atoms with van der Waals surface area (Å²) < 4.78 is 21.4. The number of hydrogen-bond donors (Lipinski definition) is 2. The molecule has 1 heterocycles. The second-order valence-corrected chi connectivity index (χ2v) is 5.63. The molecule has 9 heteroatoms. The SMILES string of the molecule is COc1cc(C(=O)O[C@H](C(=O)NC(N)=O)C(C)C)cc2c1OCCO2. The molecule has 1 aromatic carbocycles. The summed E-state index contributed by atoms with van der Waals surface area (Å²) >= 11 is 0. The summed E-state index contributed by atoms with van der Waals surface area (Å²) in [6, 6.07) is 1.86. The van der Waals surface area contributed by atoms with Crippen molar-refractivity contribution >= 4 is 17.9 Å². The largest absolute Gasteiger partial charge is 0.493 e. The van der Waals surface area contributed by atoms with Gasteiger partial charge in [-0.2, -0.15) is 0 Å². The highest BCUT2D eigenvalue weighted by atomic mass is 16.6. The summed E-state index contributed by atoms with van der Waals surface area (Å²) in [5.41, 5.74) is 5.05. The van der Waals surface area contributed by atoms with E-state index in [9.17, 15) is 14.4 Å². The molecule has 3 amide bonds. The molecule has 136 valence electrons. The number of rotatable bonds is 5. The van der Waals surface area contributed by atoms with E-state index in [1.165, 1.54) is 19.2 Å². The van der Waals surface area contributed by atoms with Crippen molar-refractivity contribution in [1.29, 1.82) is 0 Å². The third kappa shape index (κ3) is 4.31. The maximum atomic E-state index is 12.4. The number of urea groups is 1. The molecule has 9 nitrogen and oxygen atoms in total. The summed E-state index contributed by atoms with van der Waals surface area (Å²) in [5.74, 6) is -0.874. The van der Waals surface area contributed by atoms with E-state index in [-0.39, 0.29) is 11.5 Å². The van der Waals surface area contributed by atoms with Crippen LogP contribution in [0, 0.1) is 5.92 Å². The first kappa shape index (κ1) is 18.4. The fourth-order valence-corrected chi connectivity index (χ4v) is 2.26. The predicted molar refractivity (Wildman–Crippen MR) is 85.8 cm³/mol. The predicted octanol–water partition coefficient (Wildman–Crippen LogP) is 0.843. The number of ether oxygens (including phenoxy) is 4. The van der Waals surface area contributed by atoms with Crippen molar-refractivity contribution in [2.24, 2.45) is 11.7 Å². The Kier molecular flexibility index (Phi) is 5.68. The molecule has 1 aliphatic rings. The summed E-state index contributed by atoms with van der Waals surface area (Å²) in [6.45, 7) is 4.05. The molecule has 0 saturated heterocycles. The van der Waals surface area contributed by atoms with Gasteiger partial charge in [-0.3, -0.25) is 10.1 Å². The van der Waals surface area contributed by atoms with Crippen LogP contribution in [-0.4, -0.2) is 44.3 Å². The van der Waals surface area contributed by atoms with Crippen molar-refractivity contribution in [3.63, 3.8) is 0 Å². The lowest BCUT2D eigenvalue weighted by molar-refractivity contribution is -0.130. The molecule has 3 N–H and O–H groups in total. The van der Waals surface area contributed by atoms with Crippen LogP contribution in [0.2, 0.25) is 0 Å². The number of amides is 3. The van der Waals surface area contributed by atoms with Crippen LogP contribution in [0.1, 0.15) is 24.2 Å². The zero-order valence-corrected chi connectivity index (χ0v) is 14.2. The lowest BCUT2D eigenvalue weighted by atomic mass is 10.1. The van der Waals surface area contributed by atoms with Gasteiger partial charge in [0.2, 0.25) is 5.75 Å². The third-order valence-corrected chi connectivity index (χ3v) is 3.41. The van der Waals surface area contributed by atoms with E-state index in [1.807, 2.05) is 5.32 Å². The number of carbonyl (C=O) groups excluding carboxylic acids is 3. The second kappa shape index (κ2) is 7.73. The maximum Gasteiger partial charge on any atom is 0.339 e. The van der Waals surface area contributed by atoms with Gasteiger partial charge >= 0.3 is 12.0 Å². The molecule has 1 atom stereocenters. The molecule has 25 heavy (non-hydrogen) atoms. The highest BCUT2D eigenvalue weighted by molar-refractivity contribution is 5.98. The van der Waals surface area contributed by atoms with Crippen LogP contribution in [0.15, 0.2) is 12.1 Å². The molecule has 0 saturated carbocycles. The lowest BCUT2D eigenvalue weighted by Crippen LogP contribution is -2.45. The third-order valence-electron chi connectivity index (χ3n) is 3.41. The summed E-state index contributed by atoms with van der Waals surface area (Å²) in [5, 5.41) is 1.91. The average Bonchev–Trinajstić information content (AvgIpc) is 2.57. The van der Waals surface area contributed by atoms with Gasteiger partial charge in [0, 0.05) is 0 Å². The molecule has 0 fully saturated rings. The Morgan fingerprint density at radius 3 is 2.48 bits per heavy atom. The van der Waals surface area contributed by atoms with Crippen molar-refractivity contribution in [2.75, 3.05) is 20.3 Å². The first-order valence-electron chi connectivity index (χ1n) is 7.62. The number of nitrogens with two attached hydrogens (primary N) is 1. The Labute approximate surface area is 144 Å². The van der Waals surface area contributed by atoms with Gasteiger partial charge in [0.15, 0.2) is 17.6 Å². The molecule has 0 unspecified atom stereocenters. The van der Waals surface area contributed by atoms with Crippen LogP contribution in [0.3, 0.4) is 0 Å². The lowest BCUT2D eigenvalue weighted by Gasteiger charge is -2.22. The zero-order valence-electron chi connectivity index (χ0n) is 14.2. The highest BCUT2D eigenvalue weighted by Gasteiger charge is 2.29. The number of carbonyl (C=O) groups is 3. The standard InChI is InChI=1S/C16H20N2O7/c1-8(2)12(14(19)18-16(17)21)25-15(20)9-6-10(22-3)13-11(7-9)23-4-5-24-13/h6-8,12H,4-5H2,1-3H3,(H3,17,18,19,21)/t12-/m0/s1. The van der Waals surface area contributed by atoms with Gasteiger partial charge < -0.3 is 24.7 Å². The van der Waals surface area contributed by atoms with Crippen LogP contribution in [0.5, 0.6) is 17.2 Å². The first-order chi connectivity index (χ1) is 11.8. The molecular weight excluding hydrogens is 332 g/mol. The number of fused-ring (bicyclic) bond motifs is 1. The molecule has 0 aliphatic carbocycles. The van der Waals surface area contributed by atoms with Gasteiger partial charge in [-0.15, -0.1) is 0 Å². The molecule has 0 spiro atoms. The van der Waals surface area contributed by atoms with E-state index >= 15 is 0 Å². The average molecular weight is 352 g/mol. The Morgan fingerprint density at radius 1 is 1.20 bits per heavy atom. The maximum absolute atomic E-state index is 12.4. The van der Waals surface area contributed by atoms with Crippen molar-refractivity contribution < 1.29 is 33.3 Å². The number of methoxy groups -OCH3 is 1. The molecule has 1 aliphatic heterocycles. The Morgan fingerprint density at radius 2 is 1.88 bits per heavy atom. The first-order valence-corrected chi connectivity index (χ1v) is 7.62. The number of benzene rings is 1. The van der Waals surface area contributed by atoms with Gasteiger partial charge in [-0.25, -0.2) is 9.59 Å². The van der Waals surface area contributed by atoms with Gasteiger partial charge in [0.05, 0.1) is 12.7 Å².